The monoisotopic (exact) mass is 203 g/mol. The SMILES string of the molecule is Cc1nc2cc3ccn(N)c3cc2s1. The molecule has 1 aromatic carbocycles. The van der Waals surface area contributed by atoms with Gasteiger partial charge in [0.1, 0.15) is 0 Å². The molecule has 14 heavy (non-hydrogen) atoms. The van der Waals surface area contributed by atoms with E-state index in [1.165, 1.54) is 4.70 Å². The zero-order chi connectivity index (χ0) is 9.71. The number of hydrogen-bond acceptors (Lipinski definition) is 3. The lowest BCUT2D eigenvalue weighted by Crippen LogP contribution is -2.04. The summed E-state index contributed by atoms with van der Waals surface area (Å²) in [4.78, 5) is 4.44. The highest BCUT2D eigenvalue weighted by molar-refractivity contribution is 7.18. The van der Waals surface area contributed by atoms with Gasteiger partial charge in [-0.3, -0.25) is 4.68 Å². The fraction of sp³-hybridized carbons (Fsp3) is 0.100. The average molecular weight is 203 g/mol. The quantitative estimate of drug-likeness (QED) is 0.569. The van der Waals surface area contributed by atoms with Crippen molar-refractivity contribution in [1.82, 2.24) is 9.66 Å². The van der Waals surface area contributed by atoms with Gasteiger partial charge in [-0.25, -0.2) is 4.98 Å². The van der Waals surface area contributed by atoms with E-state index in [-0.39, 0.29) is 0 Å². The van der Waals surface area contributed by atoms with E-state index in [0.717, 1.165) is 21.4 Å². The van der Waals surface area contributed by atoms with Crippen molar-refractivity contribution in [3.8, 4) is 0 Å². The normalized spacial score (nSPS) is 11.5. The number of aryl methyl sites for hydroxylation is 1. The summed E-state index contributed by atoms with van der Waals surface area (Å²) in [6.45, 7) is 2.02. The van der Waals surface area contributed by atoms with Crippen molar-refractivity contribution in [2.24, 2.45) is 0 Å². The van der Waals surface area contributed by atoms with Crippen LogP contribution in [0.4, 0.5) is 0 Å². The molecule has 3 aromatic rings. The summed E-state index contributed by atoms with van der Waals surface area (Å²) < 4.78 is 2.84. The van der Waals surface area contributed by atoms with E-state index in [0.29, 0.717) is 0 Å². The minimum atomic E-state index is 1.06. The summed E-state index contributed by atoms with van der Waals surface area (Å²) >= 11 is 1.70. The lowest BCUT2D eigenvalue weighted by molar-refractivity contribution is 1.07. The van der Waals surface area contributed by atoms with E-state index in [2.05, 4.69) is 17.1 Å². The van der Waals surface area contributed by atoms with Crippen LogP contribution in [0, 0.1) is 6.92 Å². The predicted molar refractivity (Wildman–Crippen MR) is 60.0 cm³/mol. The highest BCUT2D eigenvalue weighted by Crippen LogP contribution is 2.26. The summed E-state index contributed by atoms with van der Waals surface area (Å²) in [5, 5.41) is 2.24. The van der Waals surface area contributed by atoms with E-state index >= 15 is 0 Å². The molecule has 0 saturated carbocycles. The zero-order valence-electron chi connectivity index (χ0n) is 7.69. The Morgan fingerprint density at radius 2 is 2.29 bits per heavy atom. The molecule has 70 valence electrons. The Hall–Kier alpha value is -1.55. The average Bonchev–Trinajstić information content (AvgIpc) is 2.66. The number of nitrogens with zero attached hydrogens (tertiary/aromatic N) is 2. The smallest absolute Gasteiger partial charge is 0.0907 e. The van der Waals surface area contributed by atoms with Crippen LogP contribution in [0.5, 0.6) is 0 Å². The number of nitrogen functional groups attached to an aromatic ring is 1. The molecule has 0 fully saturated rings. The number of hydrogen-bond donors (Lipinski definition) is 1. The van der Waals surface area contributed by atoms with Gasteiger partial charge in [0.15, 0.2) is 0 Å². The van der Waals surface area contributed by atoms with Gasteiger partial charge in [-0.1, -0.05) is 0 Å². The van der Waals surface area contributed by atoms with E-state index in [1.54, 1.807) is 16.0 Å². The molecule has 3 rings (SSSR count). The molecular formula is C10H9N3S. The molecule has 0 bridgehead atoms. The first-order valence-electron chi connectivity index (χ1n) is 4.37. The topological polar surface area (TPSA) is 43.8 Å². The number of fused-ring (bicyclic) bond motifs is 2. The van der Waals surface area contributed by atoms with Crippen molar-refractivity contribution < 1.29 is 0 Å². The summed E-state index contributed by atoms with van der Waals surface area (Å²) in [5.74, 6) is 5.77. The molecule has 0 atom stereocenters. The van der Waals surface area contributed by atoms with Crippen LogP contribution in [0.3, 0.4) is 0 Å². The molecule has 0 aliphatic carbocycles. The van der Waals surface area contributed by atoms with Gasteiger partial charge >= 0.3 is 0 Å². The highest BCUT2D eigenvalue weighted by Gasteiger charge is 2.04. The largest absolute Gasteiger partial charge is 0.339 e. The second-order valence-corrected chi connectivity index (χ2v) is 4.57. The molecule has 0 spiro atoms. The van der Waals surface area contributed by atoms with Crippen LogP contribution in [-0.2, 0) is 0 Å². The first-order chi connectivity index (χ1) is 6.74. The molecule has 4 heteroatoms. The lowest BCUT2D eigenvalue weighted by Gasteiger charge is -1.95. The van der Waals surface area contributed by atoms with Gasteiger partial charge in [-0.05, 0) is 25.1 Å². The summed E-state index contributed by atoms with van der Waals surface area (Å²) in [6.07, 6.45) is 1.86. The van der Waals surface area contributed by atoms with Crippen LogP contribution in [0.25, 0.3) is 21.1 Å². The number of benzene rings is 1. The lowest BCUT2D eigenvalue weighted by atomic mass is 10.2. The maximum absolute atomic E-state index is 5.77. The van der Waals surface area contributed by atoms with E-state index in [4.69, 9.17) is 5.84 Å². The summed E-state index contributed by atoms with van der Waals surface area (Å²) in [6, 6.07) is 6.18. The summed E-state index contributed by atoms with van der Waals surface area (Å²) in [7, 11) is 0. The Morgan fingerprint density at radius 1 is 1.43 bits per heavy atom. The third-order valence-corrected chi connectivity index (χ3v) is 3.27. The number of nitrogens with two attached hydrogens (primary N) is 1. The Labute approximate surface area is 84.7 Å². The van der Waals surface area contributed by atoms with Gasteiger partial charge in [0, 0.05) is 11.6 Å². The van der Waals surface area contributed by atoms with Crippen LogP contribution < -0.4 is 5.84 Å². The maximum atomic E-state index is 5.77. The molecule has 0 aliphatic rings. The number of rotatable bonds is 0. The Balaban J connectivity index is 2.52. The van der Waals surface area contributed by atoms with Crippen molar-refractivity contribution in [2.75, 3.05) is 5.84 Å². The second-order valence-electron chi connectivity index (χ2n) is 3.33. The standard InChI is InChI=1S/C10H9N3S/c1-6-12-8-4-7-2-3-13(11)9(7)5-10(8)14-6/h2-5H,11H2,1H3. The van der Waals surface area contributed by atoms with Gasteiger partial charge in [-0.15, -0.1) is 11.3 Å². The van der Waals surface area contributed by atoms with Crippen molar-refractivity contribution in [1.29, 1.82) is 0 Å². The van der Waals surface area contributed by atoms with Gasteiger partial charge in [0.2, 0.25) is 0 Å². The third kappa shape index (κ3) is 0.943. The molecule has 0 unspecified atom stereocenters. The second kappa shape index (κ2) is 2.48. The van der Waals surface area contributed by atoms with E-state index < -0.39 is 0 Å². The number of aromatic nitrogens is 2. The van der Waals surface area contributed by atoms with Gasteiger partial charge in [0.05, 0.1) is 20.7 Å². The first kappa shape index (κ1) is 7.82. The van der Waals surface area contributed by atoms with Crippen LogP contribution in [0.15, 0.2) is 24.4 Å². The van der Waals surface area contributed by atoms with Gasteiger partial charge in [-0.2, -0.15) is 0 Å². The minimum absolute atomic E-state index is 1.06. The van der Waals surface area contributed by atoms with Crippen LogP contribution in [-0.4, -0.2) is 9.66 Å². The van der Waals surface area contributed by atoms with Crippen LogP contribution in [0.2, 0.25) is 0 Å². The molecule has 2 heterocycles. The molecule has 2 N–H and O–H groups in total. The Morgan fingerprint density at radius 3 is 3.14 bits per heavy atom. The fourth-order valence-corrected chi connectivity index (χ4v) is 2.53. The Bertz CT molecular complexity index is 620. The molecule has 0 radical (unpaired) electrons. The van der Waals surface area contributed by atoms with Crippen LogP contribution >= 0.6 is 11.3 Å². The Kier molecular flexibility index (Phi) is 1.39. The van der Waals surface area contributed by atoms with Gasteiger partial charge in [0.25, 0.3) is 0 Å². The fourth-order valence-electron chi connectivity index (χ4n) is 1.69. The molecule has 0 amide bonds. The molecule has 3 nitrogen and oxygen atoms in total. The van der Waals surface area contributed by atoms with E-state index in [1.807, 2.05) is 19.2 Å². The van der Waals surface area contributed by atoms with Crippen molar-refractivity contribution in [2.45, 2.75) is 6.92 Å². The number of thiazole rings is 1. The predicted octanol–water partition coefficient (Wildman–Crippen LogP) is 2.27. The highest BCUT2D eigenvalue weighted by atomic mass is 32.1. The molecule has 0 aliphatic heterocycles. The van der Waals surface area contributed by atoms with E-state index in [9.17, 15) is 0 Å². The molecule has 2 aromatic heterocycles. The van der Waals surface area contributed by atoms with Crippen molar-refractivity contribution in [3.63, 3.8) is 0 Å². The zero-order valence-corrected chi connectivity index (χ0v) is 8.51. The van der Waals surface area contributed by atoms with Crippen molar-refractivity contribution >= 4 is 32.5 Å². The van der Waals surface area contributed by atoms with Crippen LogP contribution in [0.1, 0.15) is 5.01 Å². The first-order valence-corrected chi connectivity index (χ1v) is 5.19. The molecular weight excluding hydrogens is 194 g/mol. The third-order valence-electron chi connectivity index (χ3n) is 2.34. The maximum Gasteiger partial charge on any atom is 0.0907 e. The van der Waals surface area contributed by atoms with Gasteiger partial charge < -0.3 is 5.84 Å². The molecule has 0 saturated heterocycles. The van der Waals surface area contributed by atoms with Crippen molar-refractivity contribution in [3.05, 3.63) is 29.4 Å². The summed E-state index contributed by atoms with van der Waals surface area (Å²) in [5.41, 5.74) is 2.12. The minimum Gasteiger partial charge on any atom is -0.339 e.